The van der Waals surface area contributed by atoms with Crippen molar-refractivity contribution in [2.75, 3.05) is 31.1 Å². The van der Waals surface area contributed by atoms with Gasteiger partial charge < -0.3 is 9.80 Å². The standard InChI is InChI=1S/C19H30N2/c1-4-20-12-10-17-7-8-18(14-19(17)20)16-6-5-11-21(13-9-16)15(2)3/h7-8,14-16H,4-6,9-13H2,1-3H3. The second kappa shape index (κ2) is 6.39. The van der Waals surface area contributed by atoms with E-state index in [1.54, 1.807) is 11.1 Å². The molecule has 0 aliphatic carbocycles. The monoisotopic (exact) mass is 286 g/mol. The quantitative estimate of drug-likeness (QED) is 0.827. The van der Waals surface area contributed by atoms with Gasteiger partial charge in [-0.3, -0.25) is 0 Å². The minimum Gasteiger partial charge on any atom is -0.371 e. The molecule has 3 rings (SSSR count). The summed E-state index contributed by atoms with van der Waals surface area (Å²) in [5.74, 6) is 0.762. The van der Waals surface area contributed by atoms with Gasteiger partial charge in [0.25, 0.3) is 0 Å². The molecule has 2 heterocycles. The number of benzene rings is 1. The zero-order valence-electron chi connectivity index (χ0n) is 13.9. The SMILES string of the molecule is CCN1CCc2ccc(C3CCCN(C(C)C)CC3)cc21. The van der Waals surface area contributed by atoms with E-state index in [1.807, 2.05) is 0 Å². The number of hydrogen-bond donors (Lipinski definition) is 0. The minimum atomic E-state index is 0.694. The third-order valence-corrected chi connectivity index (χ3v) is 5.45. The highest BCUT2D eigenvalue weighted by atomic mass is 15.1. The molecule has 1 unspecified atom stereocenters. The lowest BCUT2D eigenvalue weighted by molar-refractivity contribution is 0.230. The van der Waals surface area contributed by atoms with Crippen LogP contribution in [0, 0.1) is 0 Å². The van der Waals surface area contributed by atoms with Crippen molar-refractivity contribution in [3.8, 4) is 0 Å². The lowest BCUT2D eigenvalue weighted by Crippen LogP contribution is -2.31. The molecule has 1 aromatic carbocycles. The van der Waals surface area contributed by atoms with Gasteiger partial charge in [0, 0.05) is 24.8 Å². The number of fused-ring (bicyclic) bond motifs is 1. The first-order chi connectivity index (χ1) is 10.2. The number of likely N-dealkylation sites (tertiary alicyclic amines) is 1. The Labute approximate surface area is 130 Å². The van der Waals surface area contributed by atoms with Crippen LogP contribution < -0.4 is 4.90 Å². The van der Waals surface area contributed by atoms with E-state index >= 15 is 0 Å². The summed E-state index contributed by atoms with van der Waals surface area (Å²) in [5.41, 5.74) is 4.65. The Morgan fingerprint density at radius 3 is 2.76 bits per heavy atom. The van der Waals surface area contributed by atoms with Crippen molar-refractivity contribution in [2.45, 2.75) is 58.4 Å². The minimum absolute atomic E-state index is 0.694. The average molecular weight is 286 g/mol. The molecule has 116 valence electrons. The average Bonchev–Trinajstić information content (AvgIpc) is 2.73. The number of nitrogens with zero attached hydrogens (tertiary/aromatic N) is 2. The Bertz CT molecular complexity index is 480. The van der Waals surface area contributed by atoms with Crippen LogP contribution in [-0.2, 0) is 6.42 Å². The lowest BCUT2D eigenvalue weighted by atomic mass is 9.91. The molecule has 0 bridgehead atoms. The topological polar surface area (TPSA) is 6.48 Å². The summed E-state index contributed by atoms with van der Waals surface area (Å²) >= 11 is 0. The molecule has 0 aromatic heterocycles. The summed E-state index contributed by atoms with van der Waals surface area (Å²) < 4.78 is 0. The van der Waals surface area contributed by atoms with Gasteiger partial charge in [-0.1, -0.05) is 12.1 Å². The lowest BCUT2D eigenvalue weighted by Gasteiger charge is -2.24. The molecular formula is C19H30N2. The molecule has 2 aliphatic rings. The normalized spacial score (nSPS) is 23.4. The van der Waals surface area contributed by atoms with Crippen LogP contribution in [-0.4, -0.2) is 37.1 Å². The van der Waals surface area contributed by atoms with E-state index in [1.165, 1.54) is 51.0 Å². The van der Waals surface area contributed by atoms with Crippen molar-refractivity contribution >= 4 is 5.69 Å². The third kappa shape index (κ3) is 3.11. The van der Waals surface area contributed by atoms with E-state index < -0.39 is 0 Å². The highest BCUT2D eigenvalue weighted by Crippen LogP contribution is 2.35. The van der Waals surface area contributed by atoms with Crippen LogP contribution in [0.2, 0.25) is 0 Å². The van der Waals surface area contributed by atoms with Gasteiger partial charge >= 0.3 is 0 Å². The van der Waals surface area contributed by atoms with Gasteiger partial charge in [-0.25, -0.2) is 0 Å². The van der Waals surface area contributed by atoms with Crippen LogP contribution in [0.3, 0.4) is 0 Å². The summed E-state index contributed by atoms with van der Waals surface area (Å²) in [6, 6.07) is 8.00. The fourth-order valence-electron chi connectivity index (χ4n) is 4.01. The Morgan fingerprint density at radius 1 is 1.14 bits per heavy atom. The molecule has 1 fully saturated rings. The smallest absolute Gasteiger partial charge is 0.0402 e. The largest absolute Gasteiger partial charge is 0.371 e. The molecule has 1 aromatic rings. The van der Waals surface area contributed by atoms with E-state index in [2.05, 4.69) is 48.8 Å². The molecule has 1 atom stereocenters. The van der Waals surface area contributed by atoms with Crippen LogP contribution in [0.15, 0.2) is 18.2 Å². The van der Waals surface area contributed by atoms with Crippen LogP contribution >= 0.6 is 0 Å². The van der Waals surface area contributed by atoms with Crippen LogP contribution in [0.5, 0.6) is 0 Å². The van der Waals surface area contributed by atoms with Crippen molar-refractivity contribution < 1.29 is 0 Å². The van der Waals surface area contributed by atoms with Crippen molar-refractivity contribution in [1.82, 2.24) is 4.90 Å². The van der Waals surface area contributed by atoms with Gasteiger partial charge in [-0.05, 0) is 82.7 Å². The second-order valence-electron chi connectivity index (χ2n) is 6.98. The number of likely N-dealkylation sites (N-methyl/N-ethyl adjacent to an activating group) is 1. The first-order valence-electron chi connectivity index (χ1n) is 8.81. The Kier molecular flexibility index (Phi) is 4.54. The van der Waals surface area contributed by atoms with Crippen LogP contribution in [0.25, 0.3) is 0 Å². The summed E-state index contributed by atoms with van der Waals surface area (Å²) in [6.07, 6.45) is 5.25. The second-order valence-corrected chi connectivity index (χ2v) is 6.98. The Morgan fingerprint density at radius 2 is 2.00 bits per heavy atom. The van der Waals surface area contributed by atoms with Gasteiger partial charge in [-0.2, -0.15) is 0 Å². The highest BCUT2D eigenvalue weighted by Gasteiger charge is 2.23. The van der Waals surface area contributed by atoms with Gasteiger partial charge in [-0.15, -0.1) is 0 Å². The highest BCUT2D eigenvalue weighted by molar-refractivity contribution is 5.59. The zero-order chi connectivity index (χ0) is 14.8. The fourth-order valence-corrected chi connectivity index (χ4v) is 4.01. The molecule has 0 spiro atoms. The molecule has 2 aliphatic heterocycles. The maximum atomic E-state index is 2.64. The van der Waals surface area contributed by atoms with E-state index in [0.29, 0.717) is 6.04 Å². The first kappa shape index (κ1) is 14.9. The van der Waals surface area contributed by atoms with Gasteiger partial charge in [0.15, 0.2) is 0 Å². The predicted molar refractivity (Wildman–Crippen MR) is 91.3 cm³/mol. The zero-order valence-corrected chi connectivity index (χ0v) is 13.9. The molecule has 2 heteroatoms. The molecule has 0 saturated carbocycles. The van der Waals surface area contributed by atoms with Crippen molar-refractivity contribution in [2.24, 2.45) is 0 Å². The summed E-state index contributed by atoms with van der Waals surface area (Å²) in [4.78, 5) is 5.18. The van der Waals surface area contributed by atoms with E-state index in [9.17, 15) is 0 Å². The van der Waals surface area contributed by atoms with Gasteiger partial charge in [0.2, 0.25) is 0 Å². The molecule has 1 saturated heterocycles. The van der Waals surface area contributed by atoms with Crippen LogP contribution in [0.4, 0.5) is 5.69 Å². The fraction of sp³-hybridized carbons (Fsp3) is 0.684. The van der Waals surface area contributed by atoms with Crippen LogP contribution in [0.1, 0.15) is 57.1 Å². The van der Waals surface area contributed by atoms with E-state index in [0.717, 1.165) is 12.5 Å². The Hall–Kier alpha value is -1.02. The van der Waals surface area contributed by atoms with E-state index in [-0.39, 0.29) is 0 Å². The molecule has 0 amide bonds. The van der Waals surface area contributed by atoms with Crippen molar-refractivity contribution in [3.63, 3.8) is 0 Å². The maximum Gasteiger partial charge on any atom is 0.0402 e. The van der Waals surface area contributed by atoms with Crippen molar-refractivity contribution in [3.05, 3.63) is 29.3 Å². The number of hydrogen-bond acceptors (Lipinski definition) is 2. The third-order valence-electron chi connectivity index (χ3n) is 5.45. The van der Waals surface area contributed by atoms with Gasteiger partial charge in [0.05, 0.1) is 0 Å². The van der Waals surface area contributed by atoms with Gasteiger partial charge in [0.1, 0.15) is 0 Å². The predicted octanol–water partition coefficient (Wildman–Crippen LogP) is 4.05. The maximum absolute atomic E-state index is 2.64. The molecule has 0 N–H and O–H groups in total. The molecule has 0 radical (unpaired) electrons. The first-order valence-corrected chi connectivity index (χ1v) is 8.81. The summed E-state index contributed by atoms with van der Waals surface area (Å²) in [5, 5.41) is 0. The molecule has 21 heavy (non-hydrogen) atoms. The Balaban J connectivity index is 1.75. The summed E-state index contributed by atoms with van der Waals surface area (Å²) in [7, 11) is 0. The molecular weight excluding hydrogens is 256 g/mol. The number of rotatable bonds is 3. The number of anilines is 1. The van der Waals surface area contributed by atoms with E-state index in [4.69, 9.17) is 0 Å². The summed E-state index contributed by atoms with van der Waals surface area (Å²) in [6.45, 7) is 11.8. The van der Waals surface area contributed by atoms with Crippen molar-refractivity contribution in [1.29, 1.82) is 0 Å². The molecule has 2 nitrogen and oxygen atoms in total.